The highest BCUT2D eigenvalue weighted by atomic mass is 16.5. The van der Waals surface area contributed by atoms with Gasteiger partial charge in [0, 0.05) is 37.0 Å². The maximum Gasteiger partial charge on any atom is 0.349 e. The van der Waals surface area contributed by atoms with E-state index in [0.29, 0.717) is 16.8 Å². The molecule has 2 rings (SSSR count). The number of Topliss-reactive ketones (excluding diaryl/α,β-unsaturated/α-hetero) is 1. The second-order valence-electron chi connectivity index (χ2n) is 7.38. The highest BCUT2D eigenvalue weighted by Crippen LogP contribution is 2.15. The minimum Gasteiger partial charge on any atom is -0.453 e. The molecule has 0 saturated carbocycles. The summed E-state index contributed by atoms with van der Waals surface area (Å²) in [4.78, 5) is 38.1. The highest BCUT2D eigenvalue weighted by molar-refractivity contribution is 6.02. The lowest BCUT2D eigenvalue weighted by Crippen LogP contribution is -2.18. The van der Waals surface area contributed by atoms with Gasteiger partial charge in [0.1, 0.15) is 11.6 Å². The normalized spacial score (nSPS) is 10.9. The Morgan fingerprint density at radius 3 is 2.19 bits per heavy atom. The number of hydrogen-bond acceptors (Lipinski definition) is 6. The molecule has 0 spiro atoms. The van der Waals surface area contributed by atoms with Gasteiger partial charge in [0.2, 0.25) is 5.91 Å². The molecule has 0 aromatic heterocycles. The van der Waals surface area contributed by atoms with Crippen LogP contribution in [0.15, 0.2) is 54.1 Å². The zero-order chi connectivity index (χ0) is 23.0. The standard InChI is InChI=1S/C24H25N3O4/c1-16(2)23(29)26-20-9-7-18(8-10-20)22(28)15-31-24(30)19(14-25)13-17-5-11-21(12-6-17)27(3)4/h5-13,16H,15H2,1-4H3,(H,26,29)/b19-13+. The molecule has 0 unspecified atom stereocenters. The average Bonchev–Trinajstić information content (AvgIpc) is 2.76. The van der Waals surface area contributed by atoms with Gasteiger partial charge >= 0.3 is 5.97 Å². The third-order valence-electron chi connectivity index (χ3n) is 4.39. The van der Waals surface area contributed by atoms with Gasteiger partial charge < -0.3 is 15.0 Å². The summed E-state index contributed by atoms with van der Waals surface area (Å²) in [6, 6.07) is 15.4. The highest BCUT2D eigenvalue weighted by Gasteiger charge is 2.15. The molecule has 1 N–H and O–H groups in total. The zero-order valence-corrected chi connectivity index (χ0v) is 18.0. The van der Waals surface area contributed by atoms with Crippen molar-refractivity contribution >= 4 is 35.1 Å². The summed E-state index contributed by atoms with van der Waals surface area (Å²) >= 11 is 0. The minimum absolute atomic E-state index is 0.125. The Bertz CT molecular complexity index is 1010. The Morgan fingerprint density at radius 2 is 1.68 bits per heavy atom. The van der Waals surface area contributed by atoms with E-state index in [9.17, 15) is 19.6 Å². The molecular weight excluding hydrogens is 394 g/mol. The van der Waals surface area contributed by atoms with E-state index in [1.807, 2.05) is 37.2 Å². The number of ether oxygens (including phenoxy) is 1. The van der Waals surface area contributed by atoms with Crippen molar-refractivity contribution < 1.29 is 19.1 Å². The molecule has 7 nitrogen and oxygen atoms in total. The number of rotatable bonds is 8. The molecular formula is C24H25N3O4. The first-order valence-corrected chi connectivity index (χ1v) is 9.71. The number of anilines is 2. The molecule has 2 aromatic rings. The lowest BCUT2D eigenvalue weighted by molar-refractivity contribution is -0.137. The summed E-state index contributed by atoms with van der Waals surface area (Å²) in [5.41, 5.74) is 2.36. The maximum absolute atomic E-state index is 12.3. The molecule has 0 saturated heterocycles. The number of amides is 1. The van der Waals surface area contributed by atoms with Crippen molar-refractivity contribution in [2.24, 2.45) is 5.92 Å². The van der Waals surface area contributed by atoms with Crippen LogP contribution in [-0.4, -0.2) is 38.4 Å². The number of carbonyl (C=O) groups excluding carboxylic acids is 3. The summed E-state index contributed by atoms with van der Waals surface area (Å²) in [7, 11) is 3.82. The van der Waals surface area contributed by atoms with Crippen molar-refractivity contribution in [3.63, 3.8) is 0 Å². The molecule has 0 bridgehead atoms. The Morgan fingerprint density at radius 1 is 1.06 bits per heavy atom. The third kappa shape index (κ3) is 6.82. The number of nitriles is 1. The van der Waals surface area contributed by atoms with Gasteiger partial charge in [-0.15, -0.1) is 0 Å². The van der Waals surface area contributed by atoms with E-state index in [4.69, 9.17) is 4.74 Å². The molecule has 0 aliphatic heterocycles. The maximum atomic E-state index is 12.3. The fourth-order valence-corrected chi connectivity index (χ4v) is 2.49. The molecule has 0 aliphatic rings. The fourth-order valence-electron chi connectivity index (χ4n) is 2.49. The van der Waals surface area contributed by atoms with Gasteiger partial charge in [-0.25, -0.2) is 4.79 Å². The monoisotopic (exact) mass is 419 g/mol. The number of hydrogen-bond donors (Lipinski definition) is 1. The van der Waals surface area contributed by atoms with Crippen LogP contribution in [0.5, 0.6) is 0 Å². The van der Waals surface area contributed by atoms with Crippen LogP contribution in [0.4, 0.5) is 11.4 Å². The third-order valence-corrected chi connectivity index (χ3v) is 4.39. The van der Waals surface area contributed by atoms with Crippen LogP contribution < -0.4 is 10.2 Å². The van der Waals surface area contributed by atoms with E-state index in [0.717, 1.165) is 5.69 Å². The van der Waals surface area contributed by atoms with Gasteiger partial charge in [-0.1, -0.05) is 26.0 Å². The van der Waals surface area contributed by atoms with Crippen LogP contribution >= 0.6 is 0 Å². The Labute approximate surface area is 181 Å². The van der Waals surface area contributed by atoms with Gasteiger partial charge in [-0.3, -0.25) is 9.59 Å². The summed E-state index contributed by atoms with van der Waals surface area (Å²) < 4.78 is 5.01. The molecule has 31 heavy (non-hydrogen) atoms. The van der Waals surface area contributed by atoms with Gasteiger partial charge in [0.25, 0.3) is 0 Å². The number of nitrogens with one attached hydrogen (secondary N) is 1. The Balaban J connectivity index is 1.97. The first-order chi connectivity index (χ1) is 14.7. The quantitative estimate of drug-likeness (QED) is 0.303. The van der Waals surface area contributed by atoms with Crippen LogP contribution in [0.2, 0.25) is 0 Å². The lowest BCUT2D eigenvalue weighted by atomic mass is 10.1. The first kappa shape index (κ1) is 23.4. The SMILES string of the molecule is CC(C)C(=O)Nc1ccc(C(=O)COC(=O)/C(C#N)=C/c2ccc(N(C)C)cc2)cc1. The predicted octanol–water partition coefficient (Wildman–Crippen LogP) is 3.68. The smallest absolute Gasteiger partial charge is 0.349 e. The number of nitrogens with zero attached hydrogens (tertiary/aromatic N) is 2. The second kappa shape index (κ2) is 10.7. The van der Waals surface area contributed by atoms with Crippen LogP contribution in [-0.2, 0) is 14.3 Å². The van der Waals surface area contributed by atoms with Crippen LogP contribution in [0.25, 0.3) is 6.08 Å². The van der Waals surface area contributed by atoms with Gasteiger partial charge in [0.15, 0.2) is 12.4 Å². The molecule has 0 aliphatic carbocycles. The van der Waals surface area contributed by atoms with Crippen LogP contribution in [0, 0.1) is 17.2 Å². The van der Waals surface area contributed by atoms with E-state index in [1.54, 1.807) is 50.2 Å². The van der Waals surface area contributed by atoms with Gasteiger partial charge in [-0.05, 0) is 48.0 Å². The van der Waals surface area contributed by atoms with Crippen molar-refractivity contribution in [3.8, 4) is 6.07 Å². The second-order valence-corrected chi connectivity index (χ2v) is 7.38. The van der Waals surface area contributed by atoms with Crippen molar-refractivity contribution in [1.29, 1.82) is 5.26 Å². The van der Waals surface area contributed by atoms with E-state index in [2.05, 4.69) is 5.32 Å². The van der Waals surface area contributed by atoms with Gasteiger partial charge in [-0.2, -0.15) is 5.26 Å². The number of carbonyl (C=O) groups is 3. The summed E-state index contributed by atoms with van der Waals surface area (Å²) in [5.74, 6) is -1.56. The van der Waals surface area contributed by atoms with E-state index >= 15 is 0 Å². The molecule has 2 aromatic carbocycles. The summed E-state index contributed by atoms with van der Waals surface area (Å²) in [6.07, 6.45) is 1.42. The summed E-state index contributed by atoms with van der Waals surface area (Å²) in [6.45, 7) is 3.07. The molecule has 160 valence electrons. The zero-order valence-electron chi connectivity index (χ0n) is 18.0. The number of ketones is 1. The van der Waals surface area contributed by atoms with E-state index in [-0.39, 0.29) is 17.4 Å². The Hall–Kier alpha value is -3.92. The molecule has 0 atom stereocenters. The first-order valence-electron chi connectivity index (χ1n) is 9.71. The van der Waals surface area contributed by atoms with Crippen molar-refractivity contribution in [3.05, 3.63) is 65.2 Å². The lowest BCUT2D eigenvalue weighted by Gasteiger charge is -2.11. The molecule has 0 fully saturated rings. The van der Waals surface area contributed by atoms with Crippen molar-refractivity contribution in [2.75, 3.05) is 30.9 Å². The van der Waals surface area contributed by atoms with E-state index in [1.165, 1.54) is 6.08 Å². The molecule has 7 heteroatoms. The van der Waals surface area contributed by atoms with Crippen LogP contribution in [0.1, 0.15) is 29.8 Å². The average molecular weight is 419 g/mol. The molecule has 0 radical (unpaired) electrons. The largest absolute Gasteiger partial charge is 0.453 e. The molecule has 1 amide bonds. The van der Waals surface area contributed by atoms with Crippen LogP contribution in [0.3, 0.4) is 0 Å². The fraction of sp³-hybridized carbons (Fsp3) is 0.250. The van der Waals surface area contributed by atoms with Gasteiger partial charge in [0.05, 0.1) is 0 Å². The summed E-state index contributed by atoms with van der Waals surface area (Å²) in [5, 5.41) is 12.0. The van der Waals surface area contributed by atoms with Crippen molar-refractivity contribution in [2.45, 2.75) is 13.8 Å². The Kier molecular flexibility index (Phi) is 8.09. The van der Waals surface area contributed by atoms with E-state index < -0.39 is 18.4 Å². The predicted molar refractivity (Wildman–Crippen MR) is 120 cm³/mol. The number of esters is 1. The number of benzene rings is 2. The minimum atomic E-state index is -0.867. The topological polar surface area (TPSA) is 99.5 Å². The molecule has 0 heterocycles. The van der Waals surface area contributed by atoms with Crippen molar-refractivity contribution in [1.82, 2.24) is 0 Å².